The average molecular weight is 314 g/mol. The summed E-state index contributed by atoms with van der Waals surface area (Å²) < 4.78 is 1.39. The van der Waals surface area contributed by atoms with Crippen LogP contribution in [0.3, 0.4) is 0 Å². The highest BCUT2D eigenvalue weighted by molar-refractivity contribution is 6.30. The monoisotopic (exact) mass is 313 g/mol. The van der Waals surface area contributed by atoms with E-state index in [0.717, 1.165) is 0 Å². The fraction of sp³-hybridized carbons (Fsp3) is 0.0625. The summed E-state index contributed by atoms with van der Waals surface area (Å²) in [6.07, 6.45) is 1.61. The van der Waals surface area contributed by atoms with Gasteiger partial charge in [0.2, 0.25) is 0 Å². The molecule has 1 N–H and O–H groups in total. The van der Waals surface area contributed by atoms with Gasteiger partial charge in [0.05, 0.1) is 5.69 Å². The molecule has 1 amide bonds. The number of benzene rings is 1. The van der Waals surface area contributed by atoms with Crippen LogP contribution in [0.1, 0.15) is 16.1 Å². The molecule has 5 nitrogen and oxygen atoms in total. The number of nitrogens with zero attached hydrogens (tertiary/aromatic N) is 2. The summed E-state index contributed by atoms with van der Waals surface area (Å²) in [5, 5.41) is 3.17. The van der Waals surface area contributed by atoms with Gasteiger partial charge in [-0.1, -0.05) is 17.7 Å². The summed E-state index contributed by atoms with van der Waals surface area (Å²) in [6, 6.07) is 11.7. The number of aromatic nitrogens is 2. The Morgan fingerprint density at radius 2 is 1.91 bits per heavy atom. The van der Waals surface area contributed by atoms with Crippen molar-refractivity contribution >= 4 is 28.8 Å². The lowest BCUT2D eigenvalue weighted by Gasteiger charge is -2.09. The van der Waals surface area contributed by atoms with E-state index in [1.165, 1.54) is 4.40 Å². The fourth-order valence-electron chi connectivity index (χ4n) is 2.13. The molecule has 0 fully saturated rings. The molecule has 2 heterocycles. The fourth-order valence-corrected chi connectivity index (χ4v) is 2.26. The summed E-state index contributed by atoms with van der Waals surface area (Å²) in [5.41, 5.74) is 1.28. The predicted molar refractivity (Wildman–Crippen MR) is 85.6 cm³/mol. The Bertz CT molecular complexity index is 917. The number of fused-ring (bicyclic) bond motifs is 1. The van der Waals surface area contributed by atoms with Crippen molar-refractivity contribution in [1.29, 1.82) is 0 Å². The van der Waals surface area contributed by atoms with E-state index in [1.54, 1.807) is 55.6 Å². The van der Waals surface area contributed by atoms with E-state index < -0.39 is 0 Å². The van der Waals surface area contributed by atoms with Crippen molar-refractivity contribution < 1.29 is 4.79 Å². The number of nitrogens with one attached hydrogen (secondary N) is 1. The van der Waals surface area contributed by atoms with Gasteiger partial charge in [-0.25, -0.2) is 4.98 Å². The molecule has 3 aromatic rings. The maximum atomic E-state index is 12.5. The number of aryl methyl sites for hydroxylation is 1. The molecule has 0 saturated carbocycles. The predicted octanol–water partition coefficient (Wildman–Crippen LogP) is 2.91. The zero-order valence-electron chi connectivity index (χ0n) is 11.7. The topological polar surface area (TPSA) is 63.5 Å². The Morgan fingerprint density at radius 1 is 1.18 bits per heavy atom. The van der Waals surface area contributed by atoms with Crippen molar-refractivity contribution in [2.75, 3.05) is 5.32 Å². The Hall–Kier alpha value is -2.66. The molecule has 0 aliphatic carbocycles. The van der Waals surface area contributed by atoms with Crippen LogP contribution < -0.4 is 10.9 Å². The Balaban J connectivity index is 2.02. The maximum Gasteiger partial charge on any atom is 0.281 e. The van der Waals surface area contributed by atoms with E-state index >= 15 is 0 Å². The van der Waals surface area contributed by atoms with Crippen molar-refractivity contribution in [2.45, 2.75) is 6.92 Å². The zero-order chi connectivity index (χ0) is 15.7. The standard InChI is InChI=1S/C16H12ClN3O2/c1-10-14(16(22)20-9-3-2-4-13(20)18-10)19-15(21)11-5-7-12(17)8-6-11/h2-9H,1H3,(H,19,21). The first-order chi connectivity index (χ1) is 10.6. The third kappa shape index (κ3) is 2.58. The van der Waals surface area contributed by atoms with Crippen LogP contribution in [0.5, 0.6) is 0 Å². The van der Waals surface area contributed by atoms with Gasteiger partial charge in [0, 0.05) is 16.8 Å². The van der Waals surface area contributed by atoms with E-state index in [2.05, 4.69) is 10.3 Å². The van der Waals surface area contributed by atoms with Crippen LogP contribution in [0.2, 0.25) is 5.02 Å². The number of carbonyl (C=O) groups excluding carboxylic acids is 1. The lowest BCUT2D eigenvalue weighted by molar-refractivity contribution is 0.102. The number of amides is 1. The van der Waals surface area contributed by atoms with Gasteiger partial charge in [0.15, 0.2) is 0 Å². The Kier molecular flexibility index (Phi) is 3.65. The van der Waals surface area contributed by atoms with Gasteiger partial charge >= 0.3 is 0 Å². The Morgan fingerprint density at radius 3 is 2.64 bits per heavy atom. The van der Waals surface area contributed by atoms with Crippen LogP contribution in [0.4, 0.5) is 5.69 Å². The highest BCUT2D eigenvalue weighted by atomic mass is 35.5. The van der Waals surface area contributed by atoms with Crippen LogP contribution >= 0.6 is 11.6 Å². The first kappa shape index (κ1) is 14.3. The van der Waals surface area contributed by atoms with Crippen molar-refractivity contribution in [3.63, 3.8) is 0 Å². The molecule has 0 spiro atoms. The van der Waals surface area contributed by atoms with Crippen LogP contribution in [-0.2, 0) is 0 Å². The SMILES string of the molecule is Cc1nc2ccccn2c(=O)c1NC(=O)c1ccc(Cl)cc1. The van der Waals surface area contributed by atoms with Crippen LogP contribution in [-0.4, -0.2) is 15.3 Å². The number of pyridine rings is 1. The third-order valence-corrected chi connectivity index (χ3v) is 3.51. The molecule has 3 rings (SSSR count). The quantitative estimate of drug-likeness (QED) is 0.791. The third-order valence-electron chi connectivity index (χ3n) is 3.26. The van der Waals surface area contributed by atoms with Crippen molar-refractivity contribution in [3.05, 3.63) is 75.3 Å². The van der Waals surface area contributed by atoms with Gasteiger partial charge in [-0.15, -0.1) is 0 Å². The van der Waals surface area contributed by atoms with E-state index in [4.69, 9.17) is 11.6 Å². The molecule has 0 atom stereocenters. The molecule has 22 heavy (non-hydrogen) atoms. The molecule has 0 aliphatic heterocycles. The molecule has 0 unspecified atom stereocenters. The number of hydrogen-bond donors (Lipinski definition) is 1. The summed E-state index contributed by atoms with van der Waals surface area (Å²) in [5.74, 6) is -0.380. The van der Waals surface area contributed by atoms with Gasteiger partial charge in [-0.2, -0.15) is 0 Å². The molecule has 2 aromatic heterocycles. The molecule has 0 radical (unpaired) electrons. The maximum absolute atomic E-state index is 12.5. The van der Waals surface area contributed by atoms with Gasteiger partial charge in [0.1, 0.15) is 11.3 Å². The minimum Gasteiger partial charge on any atom is -0.316 e. The second kappa shape index (κ2) is 5.61. The Labute approximate surface area is 131 Å². The van der Waals surface area contributed by atoms with Gasteiger partial charge in [-0.05, 0) is 43.3 Å². The van der Waals surface area contributed by atoms with E-state index in [0.29, 0.717) is 21.9 Å². The highest BCUT2D eigenvalue weighted by Gasteiger charge is 2.13. The second-order valence-corrected chi connectivity index (χ2v) is 5.20. The molecule has 0 saturated heterocycles. The van der Waals surface area contributed by atoms with Gasteiger partial charge in [0.25, 0.3) is 11.5 Å². The molecule has 0 aliphatic rings. The molecule has 1 aromatic carbocycles. The van der Waals surface area contributed by atoms with Gasteiger partial charge < -0.3 is 5.32 Å². The van der Waals surface area contributed by atoms with E-state index in [9.17, 15) is 9.59 Å². The zero-order valence-corrected chi connectivity index (χ0v) is 12.5. The molecular weight excluding hydrogens is 302 g/mol. The largest absolute Gasteiger partial charge is 0.316 e. The summed E-state index contributed by atoms with van der Waals surface area (Å²) in [4.78, 5) is 29.0. The van der Waals surface area contributed by atoms with Crippen molar-refractivity contribution in [2.24, 2.45) is 0 Å². The smallest absolute Gasteiger partial charge is 0.281 e. The number of halogens is 1. The summed E-state index contributed by atoms with van der Waals surface area (Å²) in [7, 11) is 0. The van der Waals surface area contributed by atoms with Crippen LogP contribution in [0.15, 0.2) is 53.5 Å². The second-order valence-electron chi connectivity index (χ2n) is 4.77. The van der Waals surface area contributed by atoms with Crippen molar-refractivity contribution in [1.82, 2.24) is 9.38 Å². The van der Waals surface area contributed by atoms with Crippen molar-refractivity contribution in [3.8, 4) is 0 Å². The number of rotatable bonds is 2. The minimum atomic E-state index is -0.380. The lowest BCUT2D eigenvalue weighted by atomic mass is 10.2. The minimum absolute atomic E-state index is 0.170. The van der Waals surface area contributed by atoms with Crippen LogP contribution in [0.25, 0.3) is 5.65 Å². The first-order valence-electron chi connectivity index (χ1n) is 6.61. The highest BCUT2D eigenvalue weighted by Crippen LogP contribution is 2.13. The summed E-state index contributed by atoms with van der Waals surface area (Å²) >= 11 is 5.80. The molecule has 6 heteroatoms. The number of carbonyl (C=O) groups is 1. The summed E-state index contributed by atoms with van der Waals surface area (Å²) in [6.45, 7) is 1.69. The van der Waals surface area contributed by atoms with Crippen LogP contribution in [0, 0.1) is 6.92 Å². The van der Waals surface area contributed by atoms with E-state index in [-0.39, 0.29) is 17.2 Å². The number of hydrogen-bond acceptors (Lipinski definition) is 3. The van der Waals surface area contributed by atoms with E-state index in [1.807, 2.05) is 0 Å². The van der Waals surface area contributed by atoms with Gasteiger partial charge in [-0.3, -0.25) is 14.0 Å². The molecule has 0 bridgehead atoms. The average Bonchev–Trinajstić information content (AvgIpc) is 2.52. The molecular formula is C16H12ClN3O2. The first-order valence-corrected chi connectivity index (χ1v) is 6.99. The normalized spacial score (nSPS) is 10.6. The number of anilines is 1. The lowest BCUT2D eigenvalue weighted by Crippen LogP contribution is -2.24. The molecule has 110 valence electrons.